The highest BCUT2D eigenvalue weighted by Gasteiger charge is 2.03. The first-order chi connectivity index (χ1) is 7.99. The molecule has 6 nitrogen and oxygen atoms in total. The van der Waals surface area contributed by atoms with Gasteiger partial charge in [-0.05, 0) is 37.9 Å². The largest absolute Gasteiger partial charge is 0.508 e. The van der Waals surface area contributed by atoms with Gasteiger partial charge in [0.1, 0.15) is 5.75 Å². The summed E-state index contributed by atoms with van der Waals surface area (Å²) in [5, 5.41) is 13.3. The predicted octanol–water partition coefficient (Wildman–Crippen LogP) is 0.456. The number of nitrogens with zero attached hydrogens (tertiary/aromatic N) is 2. The molecule has 1 aromatic carbocycles. The molecule has 0 atom stereocenters. The molecular weight excluding hydrogens is 220 g/mol. The fourth-order valence-electron chi connectivity index (χ4n) is 1.32. The second kappa shape index (κ2) is 5.86. The van der Waals surface area contributed by atoms with Crippen molar-refractivity contribution in [1.82, 2.24) is 10.3 Å². The number of carbonyl (C=O) groups excluding carboxylic acids is 1. The van der Waals surface area contributed by atoms with Gasteiger partial charge in [-0.3, -0.25) is 0 Å². The molecule has 0 saturated heterocycles. The molecule has 0 spiro atoms. The summed E-state index contributed by atoms with van der Waals surface area (Å²) < 4.78 is 0. The third-order valence-electron chi connectivity index (χ3n) is 1.98. The molecule has 0 fully saturated rings. The van der Waals surface area contributed by atoms with Crippen molar-refractivity contribution in [2.75, 3.05) is 14.1 Å². The third kappa shape index (κ3) is 4.52. The van der Waals surface area contributed by atoms with E-state index >= 15 is 0 Å². The Morgan fingerprint density at radius 3 is 2.88 bits per heavy atom. The van der Waals surface area contributed by atoms with Crippen molar-refractivity contribution < 1.29 is 9.90 Å². The number of hydrazone groups is 1. The third-order valence-corrected chi connectivity index (χ3v) is 1.98. The summed E-state index contributed by atoms with van der Waals surface area (Å²) in [6.45, 7) is 0.622. The van der Waals surface area contributed by atoms with Gasteiger partial charge in [0.15, 0.2) is 0 Å². The lowest BCUT2D eigenvalue weighted by molar-refractivity contribution is 0.249. The summed E-state index contributed by atoms with van der Waals surface area (Å²) in [5.74, 6) is 0.235. The summed E-state index contributed by atoms with van der Waals surface area (Å²) in [7, 11) is 3.82. The van der Waals surface area contributed by atoms with Crippen molar-refractivity contribution in [2.24, 2.45) is 10.8 Å². The summed E-state index contributed by atoms with van der Waals surface area (Å²) >= 11 is 0. The number of phenolic OH excluding ortho intramolecular Hbond substituents is 1. The minimum Gasteiger partial charge on any atom is -0.508 e. The van der Waals surface area contributed by atoms with E-state index in [0.717, 1.165) is 11.1 Å². The highest BCUT2D eigenvalue weighted by Crippen LogP contribution is 2.18. The van der Waals surface area contributed by atoms with E-state index in [4.69, 9.17) is 5.73 Å². The van der Waals surface area contributed by atoms with Crippen LogP contribution >= 0.6 is 0 Å². The standard InChI is InChI=1S/C11H16N4O2/c1-15(2)7-9-5-8(3-4-10(9)16)6-13-14-11(12)17/h3-6,16H,7H2,1-2H3,(H3,12,14,17). The molecule has 0 aliphatic rings. The molecule has 0 bridgehead atoms. The van der Waals surface area contributed by atoms with E-state index in [1.54, 1.807) is 18.2 Å². The molecule has 1 rings (SSSR count). The Balaban J connectivity index is 2.81. The molecule has 0 radical (unpaired) electrons. The van der Waals surface area contributed by atoms with Gasteiger partial charge in [-0.2, -0.15) is 5.10 Å². The van der Waals surface area contributed by atoms with Crippen LogP contribution in [0.25, 0.3) is 0 Å². The van der Waals surface area contributed by atoms with Gasteiger partial charge in [-0.1, -0.05) is 0 Å². The van der Waals surface area contributed by atoms with Gasteiger partial charge in [0, 0.05) is 12.1 Å². The van der Waals surface area contributed by atoms with Crippen LogP contribution in [0.3, 0.4) is 0 Å². The van der Waals surface area contributed by atoms with Gasteiger partial charge in [0.2, 0.25) is 0 Å². The maximum atomic E-state index is 10.4. The zero-order chi connectivity index (χ0) is 12.8. The Bertz CT molecular complexity index is 429. The van der Waals surface area contributed by atoms with E-state index in [9.17, 15) is 9.90 Å². The number of aromatic hydroxyl groups is 1. The first-order valence-electron chi connectivity index (χ1n) is 5.04. The lowest BCUT2D eigenvalue weighted by Crippen LogP contribution is -2.24. The number of amides is 2. The summed E-state index contributed by atoms with van der Waals surface area (Å²) in [5.41, 5.74) is 8.53. The molecular formula is C11H16N4O2. The average molecular weight is 236 g/mol. The topological polar surface area (TPSA) is 91.0 Å². The molecule has 17 heavy (non-hydrogen) atoms. The fraction of sp³-hybridized carbons (Fsp3) is 0.273. The van der Waals surface area contributed by atoms with Gasteiger partial charge in [-0.25, -0.2) is 10.2 Å². The number of rotatable bonds is 4. The quantitative estimate of drug-likeness (QED) is 0.524. The Morgan fingerprint density at radius 1 is 1.59 bits per heavy atom. The Morgan fingerprint density at radius 2 is 2.29 bits per heavy atom. The number of phenols is 1. The lowest BCUT2D eigenvalue weighted by Gasteiger charge is -2.11. The van der Waals surface area contributed by atoms with E-state index < -0.39 is 6.03 Å². The Kier molecular flexibility index (Phi) is 4.47. The van der Waals surface area contributed by atoms with E-state index in [1.165, 1.54) is 6.21 Å². The van der Waals surface area contributed by atoms with Crippen LogP contribution in [0.5, 0.6) is 5.75 Å². The van der Waals surface area contributed by atoms with E-state index in [2.05, 4.69) is 10.5 Å². The number of hydrogen-bond donors (Lipinski definition) is 3. The van der Waals surface area contributed by atoms with Crippen molar-refractivity contribution in [3.05, 3.63) is 29.3 Å². The second-order valence-corrected chi connectivity index (χ2v) is 3.86. The number of carbonyl (C=O) groups is 1. The number of urea groups is 1. The summed E-state index contributed by atoms with van der Waals surface area (Å²) in [4.78, 5) is 12.3. The highest BCUT2D eigenvalue weighted by molar-refractivity contribution is 5.82. The van der Waals surface area contributed by atoms with Crippen molar-refractivity contribution in [2.45, 2.75) is 6.54 Å². The zero-order valence-electron chi connectivity index (χ0n) is 9.84. The molecule has 0 aliphatic carbocycles. The van der Waals surface area contributed by atoms with Crippen molar-refractivity contribution >= 4 is 12.2 Å². The molecule has 0 aromatic heterocycles. The number of benzene rings is 1. The van der Waals surface area contributed by atoms with Crippen LogP contribution in [-0.2, 0) is 6.54 Å². The van der Waals surface area contributed by atoms with Gasteiger partial charge in [0.05, 0.1) is 6.21 Å². The van der Waals surface area contributed by atoms with Gasteiger partial charge in [0.25, 0.3) is 0 Å². The van der Waals surface area contributed by atoms with E-state index in [0.29, 0.717) is 6.54 Å². The van der Waals surface area contributed by atoms with Crippen LogP contribution in [0.4, 0.5) is 4.79 Å². The van der Waals surface area contributed by atoms with E-state index in [-0.39, 0.29) is 5.75 Å². The van der Waals surface area contributed by atoms with E-state index in [1.807, 2.05) is 19.0 Å². The van der Waals surface area contributed by atoms with Crippen LogP contribution in [0.1, 0.15) is 11.1 Å². The first kappa shape index (κ1) is 13.0. The van der Waals surface area contributed by atoms with Gasteiger partial charge < -0.3 is 15.7 Å². The predicted molar refractivity (Wildman–Crippen MR) is 65.8 cm³/mol. The number of hydrogen-bond acceptors (Lipinski definition) is 4. The molecule has 4 N–H and O–H groups in total. The van der Waals surface area contributed by atoms with Crippen LogP contribution in [0.15, 0.2) is 23.3 Å². The highest BCUT2D eigenvalue weighted by atomic mass is 16.3. The SMILES string of the molecule is CN(C)Cc1cc(C=NNC(N)=O)ccc1O. The molecule has 6 heteroatoms. The Hall–Kier alpha value is -2.08. The number of nitrogens with one attached hydrogen (secondary N) is 1. The van der Waals surface area contributed by atoms with Crippen LogP contribution in [0, 0.1) is 0 Å². The first-order valence-corrected chi connectivity index (χ1v) is 5.04. The molecule has 1 aromatic rings. The lowest BCUT2D eigenvalue weighted by atomic mass is 10.1. The molecule has 0 aliphatic heterocycles. The van der Waals surface area contributed by atoms with Crippen molar-refractivity contribution in [3.8, 4) is 5.75 Å². The smallest absolute Gasteiger partial charge is 0.332 e. The molecule has 92 valence electrons. The summed E-state index contributed by atoms with van der Waals surface area (Å²) in [6.07, 6.45) is 1.46. The van der Waals surface area contributed by atoms with Crippen LogP contribution in [-0.4, -0.2) is 36.3 Å². The molecule has 0 saturated carbocycles. The molecule has 2 amide bonds. The van der Waals surface area contributed by atoms with Crippen LogP contribution in [0.2, 0.25) is 0 Å². The molecule has 0 unspecified atom stereocenters. The van der Waals surface area contributed by atoms with Gasteiger partial charge in [-0.15, -0.1) is 0 Å². The minimum absolute atomic E-state index is 0.235. The monoisotopic (exact) mass is 236 g/mol. The normalized spacial score (nSPS) is 11.0. The average Bonchev–Trinajstić information content (AvgIpc) is 2.21. The second-order valence-electron chi connectivity index (χ2n) is 3.86. The maximum absolute atomic E-state index is 10.4. The minimum atomic E-state index is -0.714. The van der Waals surface area contributed by atoms with Crippen LogP contribution < -0.4 is 11.2 Å². The van der Waals surface area contributed by atoms with Gasteiger partial charge >= 0.3 is 6.03 Å². The Labute approximate surface area is 99.7 Å². The summed E-state index contributed by atoms with van der Waals surface area (Å²) in [6, 6.07) is 4.36. The zero-order valence-corrected chi connectivity index (χ0v) is 9.84. The molecule has 0 heterocycles. The number of primary amides is 1. The maximum Gasteiger partial charge on any atom is 0.332 e. The fourth-order valence-corrected chi connectivity index (χ4v) is 1.32. The number of nitrogens with two attached hydrogens (primary N) is 1. The van der Waals surface area contributed by atoms with Crippen molar-refractivity contribution in [1.29, 1.82) is 0 Å². The van der Waals surface area contributed by atoms with Crippen molar-refractivity contribution in [3.63, 3.8) is 0 Å².